The van der Waals surface area contributed by atoms with Crippen molar-refractivity contribution in [3.8, 4) is 0 Å². The van der Waals surface area contributed by atoms with Crippen molar-refractivity contribution in [3.63, 3.8) is 0 Å². The third kappa shape index (κ3) is 4.02. The molecule has 1 saturated heterocycles. The van der Waals surface area contributed by atoms with Crippen molar-refractivity contribution < 1.29 is 14.0 Å². The van der Waals surface area contributed by atoms with Crippen LogP contribution in [0.3, 0.4) is 0 Å². The van der Waals surface area contributed by atoms with Crippen molar-refractivity contribution in [1.29, 1.82) is 0 Å². The molecule has 136 valence electrons. The van der Waals surface area contributed by atoms with Crippen molar-refractivity contribution >= 4 is 34.8 Å². The average Bonchev–Trinajstić information content (AvgIpc) is 3.04. The number of benzene rings is 1. The van der Waals surface area contributed by atoms with E-state index < -0.39 is 5.82 Å². The maximum atomic E-state index is 14.3. The third-order valence-corrected chi connectivity index (χ3v) is 5.55. The van der Waals surface area contributed by atoms with Gasteiger partial charge in [0, 0.05) is 42.7 Å². The summed E-state index contributed by atoms with van der Waals surface area (Å²) in [7, 11) is 0. The molecule has 1 amide bonds. The van der Waals surface area contributed by atoms with E-state index in [0.717, 1.165) is 10.4 Å². The predicted molar refractivity (Wildman–Crippen MR) is 103 cm³/mol. The van der Waals surface area contributed by atoms with E-state index in [-0.39, 0.29) is 11.7 Å². The molecule has 1 aromatic heterocycles. The van der Waals surface area contributed by atoms with Gasteiger partial charge in [-0.15, -0.1) is 11.3 Å². The Morgan fingerprint density at radius 2 is 1.88 bits per heavy atom. The molecule has 2 heterocycles. The molecule has 0 bridgehead atoms. The lowest BCUT2D eigenvalue weighted by Gasteiger charge is -2.35. The first-order valence-corrected chi connectivity index (χ1v) is 9.40. The monoisotopic (exact) mass is 372 g/mol. The fourth-order valence-electron chi connectivity index (χ4n) is 2.96. The number of aryl methyl sites for hydroxylation is 1. The van der Waals surface area contributed by atoms with E-state index in [1.54, 1.807) is 34.4 Å². The minimum Gasteiger partial charge on any atom is -0.366 e. The van der Waals surface area contributed by atoms with Gasteiger partial charge in [-0.3, -0.25) is 9.59 Å². The number of hydrogen-bond acceptors (Lipinski definition) is 4. The minimum atomic E-state index is -0.398. The summed E-state index contributed by atoms with van der Waals surface area (Å²) in [6, 6.07) is 6.59. The standard InChI is InChI=1S/C20H21FN2O2S/c1-14-7-12-26-19(14)5-6-20(25)23-10-8-22(9-11-23)18-4-3-16(15(2)24)13-17(18)21/h3-7,12-13H,8-11H2,1-2H3. The maximum Gasteiger partial charge on any atom is 0.246 e. The largest absolute Gasteiger partial charge is 0.366 e. The number of nitrogens with zero attached hydrogens (tertiary/aromatic N) is 2. The van der Waals surface area contributed by atoms with Crippen molar-refractivity contribution in [2.24, 2.45) is 0 Å². The molecule has 4 nitrogen and oxygen atoms in total. The van der Waals surface area contributed by atoms with Crippen LogP contribution in [0.15, 0.2) is 35.7 Å². The molecule has 0 radical (unpaired) electrons. The molecule has 0 spiro atoms. The molecular formula is C20H21FN2O2S. The van der Waals surface area contributed by atoms with Gasteiger partial charge >= 0.3 is 0 Å². The Labute approximate surface area is 156 Å². The van der Waals surface area contributed by atoms with Gasteiger partial charge in [0.05, 0.1) is 5.69 Å². The topological polar surface area (TPSA) is 40.6 Å². The van der Waals surface area contributed by atoms with E-state index >= 15 is 0 Å². The van der Waals surface area contributed by atoms with E-state index in [4.69, 9.17) is 0 Å². The zero-order valence-electron chi connectivity index (χ0n) is 14.9. The Bertz CT molecular complexity index is 851. The Morgan fingerprint density at radius 1 is 1.15 bits per heavy atom. The lowest BCUT2D eigenvalue weighted by Crippen LogP contribution is -2.48. The van der Waals surface area contributed by atoms with E-state index in [1.807, 2.05) is 29.3 Å². The molecule has 1 fully saturated rings. The second-order valence-electron chi connectivity index (χ2n) is 6.34. The molecule has 1 aromatic carbocycles. The van der Waals surface area contributed by atoms with Crippen LogP contribution in [-0.4, -0.2) is 42.8 Å². The van der Waals surface area contributed by atoms with Gasteiger partial charge in [0.25, 0.3) is 0 Å². The molecule has 0 N–H and O–H groups in total. The normalized spacial score (nSPS) is 14.9. The molecule has 2 aromatic rings. The molecule has 1 aliphatic rings. The summed E-state index contributed by atoms with van der Waals surface area (Å²) in [6.07, 6.45) is 3.46. The molecule has 26 heavy (non-hydrogen) atoms. The van der Waals surface area contributed by atoms with E-state index in [0.29, 0.717) is 37.4 Å². The fourth-order valence-corrected chi connectivity index (χ4v) is 3.78. The molecule has 0 aliphatic carbocycles. The van der Waals surface area contributed by atoms with Crippen LogP contribution in [-0.2, 0) is 4.79 Å². The SMILES string of the molecule is CC(=O)c1ccc(N2CCN(C(=O)C=Cc3sccc3C)CC2)c(F)c1. The number of hydrogen-bond donors (Lipinski definition) is 0. The summed E-state index contributed by atoms with van der Waals surface area (Å²) >= 11 is 1.61. The summed E-state index contributed by atoms with van der Waals surface area (Å²) in [5.74, 6) is -0.575. The Morgan fingerprint density at radius 3 is 2.46 bits per heavy atom. The minimum absolute atomic E-state index is 0.0233. The summed E-state index contributed by atoms with van der Waals surface area (Å²) in [5.41, 5.74) is 2.01. The number of ketones is 1. The number of halogens is 1. The van der Waals surface area contributed by atoms with E-state index in [1.165, 1.54) is 13.0 Å². The van der Waals surface area contributed by atoms with Crippen LogP contribution in [0.25, 0.3) is 6.08 Å². The highest BCUT2D eigenvalue weighted by Crippen LogP contribution is 2.23. The fraction of sp³-hybridized carbons (Fsp3) is 0.300. The number of Topliss-reactive ketones (excluding diaryl/α,β-unsaturated/α-hetero) is 1. The zero-order chi connectivity index (χ0) is 18.7. The van der Waals surface area contributed by atoms with Crippen molar-refractivity contribution in [3.05, 3.63) is 57.5 Å². The zero-order valence-corrected chi connectivity index (χ0v) is 15.7. The Kier molecular flexibility index (Phi) is 5.52. The van der Waals surface area contributed by atoms with Crippen LogP contribution in [0.2, 0.25) is 0 Å². The van der Waals surface area contributed by atoms with Crippen LogP contribution in [0.5, 0.6) is 0 Å². The molecule has 0 unspecified atom stereocenters. The van der Waals surface area contributed by atoms with Crippen LogP contribution in [0.4, 0.5) is 10.1 Å². The summed E-state index contributed by atoms with van der Waals surface area (Å²) in [6.45, 7) is 5.65. The summed E-state index contributed by atoms with van der Waals surface area (Å²) in [4.78, 5) is 28.5. The van der Waals surface area contributed by atoms with Gasteiger partial charge < -0.3 is 9.80 Å². The van der Waals surface area contributed by atoms with Gasteiger partial charge in [-0.1, -0.05) is 0 Å². The van der Waals surface area contributed by atoms with Gasteiger partial charge in [-0.2, -0.15) is 0 Å². The highest BCUT2D eigenvalue weighted by atomic mass is 32.1. The van der Waals surface area contributed by atoms with Crippen molar-refractivity contribution in [2.45, 2.75) is 13.8 Å². The van der Waals surface area contributed by atoms with Gasteiger partial charge in [0.2, 0.25) is 5.91 Å². The van der Waals surface area contributed by atoms with Crippen molar-refractivity contribution in [1.82, 2.24) is 4.90 Å². The maximum absolute atomic E-state index is 14.3. The quantitative estimate of drug-likeness (QED) is 0.606. The Balaban J connectivity index is 1.60. The molecule has 0 atom stereocenters. The van der Waals surface area contributed by atoms with Crippen LogP contribution in [0.1, 0.15) is 27.7 Å². The lowest BCUT2D eigenvalue weighted by atomic mass is 10.1. The van der Waals surface area contributed by atoms with Gasteiger partial charge in [-0.05, 0) is 55.1 Å². The van der Waals surface area contributed by atoms with Gasteiger partial charge in [0.15, 0.2) is 5.78 Å². The van der Waals surface area contributed by atoms with Gasteiger partial charge in [-0.25, -0.2) is 4.39 Å². The number of carbonyl (C=O) groups excluding carboxylic acids is 2. The van der Waals surface area contributed by atoms with Crippen molar-refractivity contribution in [2.75, 3.05) is 31.1 Å². The molecule has 6 heteroatoms. The average molecular weight is 372 g/mol. The number of piperazine rings is 1. The molecule has 0 saturated carbocycles. The first-order chi connectivity index (χ1) is 12.5. The first-order valence-electron chi connectivity index (χ1n) is 8.52. The molecular weight excluding hydrogens is 351 g/mol. The summed E-state index contributed by atoms with van der Waals surface area (Å²) < 4.78 is 14.3. The second kappa shape index (κ2) is 7.83. The number of rotatable bonds is 4. The molecule has 1 aliphatic heterocycles. The van der Waals surface area contributed by atoms with E-state index in [9.17, 15) is 14.0 Å². The van der Waals surface area contributed by atoms with E-state index in [2.05, 4.69) is 0 Å². The lowest BCUT2D eigenvalue weighted by molar-refractivity contribution is -0.126. The number of amides is 1. The smallest absolute Gasteiger partial charge is 0.246 e. The van der Waals surface area contributed by atoms with Crippen LogP contribution in [0, 0.1) is 12.7 Å². The highest BCUT2D eigenvalue weighted by Gasteiger charge is 2.22. The van der Waals surface area contributed by atoms with Crippen LogP contribution < -0.4 is 4.90 Å². The number of thiophene rings is 1. The van der Waals surface area contributed by atoms with Crippen LogP contribution >= 0.6 is 11.3 Å². The Hall–Kier alpha value is -2.47. The summed E-state index contributed by atoms with van der Waals surface area (Å²) in [5, 5.41) is 2.00. The third-order valence-electron chi connectivity index (χ3n) is 4.57. The first kappa shape index (κ1) is 18.3. The predicted octanol–water partition coefficient (Wildman–Crippen LogP) is 3.76. The second-order valence-corrected chi connectivity index (χ2v) is 7.28. The van der Waals surface area contributed by atoms with Gasteiger partial charge in [0.1, 0.15) is 5.82 Å². The number of carbonyl (C=O) groups is 2. The number of anilines is 1. The molecule has 3 rings (SSSR count). The highest BCUT2D eigenvalue weighted by molar-refractivity contribution is 7.11.